The van der Waals surface area contributed by atoms with Crippen LogP contribution >= 0.6 is 0 Å². The molecular weight excluding hydrogens is 244 g/mol. The number of methoxy groups -OCH3 is 1. The molecule has 1 saturated heterocycles. The molecule has 0 aromatic heterocycles. The molecule has 0 unspecified atom stereocenters. The summed E-state index contributed by atoms with van der Waals surface area (Å²) in [5.41, 5.74) is -1.01. The first-order chi connectivity index (χ1) is 8.89. The molecule has 1 N–H and O–H groups in total. The van der Waals surface area contributed by atoms with Gasteiger partial charge in [0, 0.05) is 26.7 Å². The largest absolute Gasteiger partial charge is 0.383 e. The fraction of sp³-hybridized carbons (Fsp3) is 0.857. The molecule has 2 amide bonds. The summed E-state index contributed by atoms with van der Waals surface area (Å²) in [5, 5.41) is 2.74. The van der Waals surface area contributed by atoms with Crippen molar-refractivity contribution >= 4 is 11.8 Å². The summed E-state index contributed by atoms with van der Waals surface area (Å²) < 4.78 is 4.88. The Morgan fingerprint density at radius 2 is 1.89 bits per heavy atom. The Hall–Kier alpha value is -1.10. The number of amides is 2. The van der Waals surface area contributed by atoms with E-state index in [0.29, 0.717) is 19.1 Å². The average Bonchev–Trinajstić information content (AvgIpc) is 2.39. The number of piperidine rings is 1. The molecule has 0 radical (unpaired) electrons. The van der Waals surface area contributed by atoms with Crippen LogP contribution in [0.25, 0.3) is 0 Å². The summed E-state index contributed by atoms with van der Waals surface area (Å²) in [6, 6.07) is 0. The lowest BCUT2D eigenvalue weighted by atomic mass is 9.88. The van der Waals surface area contributed by atoms with Crippen molar-refractivity contribution in [1.82, 2.24) is 10.2 Å². The number of likely N-dealkylation sites (tertiary alicyclic amines) is 1. The van der Waals surface area contributed by atoms with E-state index in [1.54, 1.807) is 21.0 Å². The third kappa shape index (κ3) is 4.20. The molecule has 110 valence electrons. The summed E-state index contributed by atoms with van der Waals surface area (Å²) in [7, 11) is 1.58. The van der Waals surface area contributed by atoms with Crippen LogP contribution in [0.5, 0.6) is 0 Å². The first-order valence-corrected chi connectivity index (χ1v) is 6.96. The standard InChI is InChI=1S/C14H26N2O3/c1-11-5-8-16(9-6-11)13(18)14(2,3)12(17)15-7-10-19-4/h11H,5-10H2,1-4H3,(H,15,17). The number of carbonyl (C=O) groups is 2. The van der Waals surface area contributed by atoms with Crippen molar-refractivity contribution in [2.75, 3.05) is 33.4 Å². The van der Waals surface area contributed by atoms with Crippen LogP contribution in [0.2, 0.25) is 0 Å². The minimum atomic E-state index is -1.01. The monoisotopic (exact) mass is 270 g/mol. The van der Waals surface area contributed by atoms with Gasteiger partial charge in [-0.25, -0.2) is 0 Å². The van der Waals surface area contributed by atoms with Gasteiger partial charge in [-0.2, -0.15) is 0 Å². The second-order valence-corrected chi connectivity index (χ2v) is 5.85. The predicted molar refractivity (Wildman–Crippen MR) is 73.6 cm³/mol. The van der Waals surface area contributed by atoms with E-state index in [2.05, 4.69) is 12.2 Å². The molecule has 0 aliphatic carbocycles. The van der Waals surface area contributed by atoms with Crippen LogP contribution < -0.4 is 5.32 Å². The lowest BCUT2D eigenvalue weighted by Gasteiger charge is -2.35. The highest BCUT2D eigenvalue weighted by atomic mass is 16.5. The Morgan fingerprint density at radius 3 is 2.42 bits per heavy atom. The molecule has 0 aromatic carbocycles. The van der Waals surface area contributed by atoms with E-state index >= 15 is 0 Å². The number of hydrogen-bond donors (Lipinski definition) is 1. The Bertz CT molecular complexity index is 321. The number of ether oxygens (including phenoxy) is 1. The van der Waals surface area contributed by atoms with E-state index in [0.717, 1.165) is 25.9 Å². The van der Waals surface area contributed by atoms with Crippen molar-refractivity contribution in [3.63, 3.8) is 0 Å². The van der Waals surface area contributed by atoms with E-state index in [9.17, 15) is 9.59 Å². The number of hydrogen-bond acceptors (Lipinski definition) is 3. The molecule has 1 aliphatic rings. The molecule has 0 atom stereocenters. The maximum absolute atomic E-state index is 12.4. The van der Waals surface area contributed by atoms with Gasteiger partial charge in [-0.1, -0.05) is 6.92 Å². The van der Waals surface area contributed by atoms with Crippen LogP contribution in [-0.2, 0) is 14.3 Å². The maximum Gasteiger partial charge on any atom is 0.237 e. The third-order valence-corrected chi connectivity index (χ3v) is 3.76. The van der Waals surface area contributed by atoms with E-state index in [-0.39, 0.29) is 11.8 Å². The van der Waals surface area contributed by atoms with Gasteiger partial charge in [0.05, 0.1) is 6.61 Å². The van der Waals surface area contributed by atoms with E-state index < -0.39 is 5.41 Å². The van der Waals surface area contributed by atoms with Crippen molar-refractivity contribution in [2.45, 2.75) is 33.6 Å². The molecule has 19 heavy (non-hydrogen) atoms. The Balaban J connectivity index is 2.55. The van der Waals surface area contributed by atoms with Crippen LogP contribution in [0, 0.1) is 11.3 Å². The second kappa shape index (κ2) is 6.89. The van der Waals surface area contributed by atoms with Gasteiger partial charge in [0.15, 0.2) is 0 Å². The number of nitrogens with one attached hydrogen (secondary N) is 1. The van der Waals surface area contributed by atoms with Gasteiger partial charge in [-0.05, 0) is 32.6 Å². The topological polar surface area (TPSA) is 58.6 Å². The van der Waals surface area contributed by atoms with Gasteiger partial charge in [-0.3, -0.25) is 9.59 Å². The molecule has 0 bridgehead atoms. The Labute approximate surface area is 115 Å². The lowest BCUT2D eigenvalue weighted by molar-refractivity contribution is -0.149. The first-order valence-electron chi connectivity index (χ1n) is 6.96. The molecule has 5 heteroatoms. The van der Waals surface area contributed by atoms with Crippen LogP contribution in [-0.4, -0.2) is 50.1 Å². The quantitative estimate of drug-likeness (QED) is 0.600. The summed E-state index contributed by atoms with van der Waals surface area (Å²) >= 11 is 0. The normalized spacial score (nSPS) is 17.4. The molecule has 0 aromatic rings. The second-order valence-electron chi connectivity index (χ2n) is 5.85. The van der Waals surface area contributed by atoms with E-state index in [1.165, 1.54) is 0 Å². The molecule has 1 aliphatic heterocycles. The van der Waals surface area contributed by atoms with Crippen molar-refractivity contribution in [3.8, 4) is 0 Å². The minimum absolute atomic E-state index is 0.0747. The molecule has 5 nitrogen and oxygen atoms in total. The highest BCUT2D eigenvalue weighted by molar-refractivity contribution is 6.04. The van der Waals surface area contributed by atoms with Gasteiger partial charge >= 0.3 is 0 Å². The lowest BCUT2D eigenvalue weighted by Crippen LogP contribution is -2.51. The van der Waals surface area contributed by atoms with Gasteiger partial charge in [-0.15, -0.1) is 0 Å². The van der Waals surface area contributed by atoms with Crippen molar-refractivity contribution in [1.29, 1.82) is 0 Å². The average molecular weight is 270 g/mol. The fourth-order valence-corrected chi connectivity index (χ4v) is 2.19. The van der Waals surface area contributed by atoms with Crippen LogP contribution in [0.4, 0.5) is 0 Å². The van der Waals surface area contributed by atoms with Crippen LogP contribution in [0.15, 0.2) is 0 Å². The molecule has 1 fully saturated rings. The van der Waals surface area contributed by atoms with Crippen molar-refractivity contribution in [2.24, 2.45) is 11.3 Å². The first kappa shape index (κ1) is 16.0. The zero-order valence-electron chi connectivity index (χ0n) is 12.5. The molecule has 1 heterocycles. The predicted octanol–water partition coefficient (Wildman–Crippen LogP) is 1.03. The molecule has 0 saturated carbocycles. The zero-order chi connectivity index (χ0) is 14.5. The van der Waals surface area contributed by atoms with Crippen LogP contribution in [0.1, 0.15) is 33.6 Å². The summed E-state index contributed by atoms with van der Waals surface area (Å²) in [4.78, 5) is 26.3. The smallest absolute Gasteiger partial charge is 0.237 e. The summed E-state index contributed by atoms with van der Waals surface area (Å²) in [6.07, 6.45) is 2.04. The van der Waals surface area contributed by atoms with Crippen molar-refractivity contribution < 1.29 is 14.3 Å². The number of nitrogens with zero attached hydrogens (tertiary/aromatic N) is 1. The Kier molecular flexibility index (Phi) is 5.79. The molecule has 1 rings (SSSR count). The highest BCUT2D eigenvalue weighted by Crippen LogP contribution is 2.24. The van der Waals surface area contributed by atoms with Gasteiger partial charge in [0.1, 0.15) is 5.41 Å². The van der Waals surface area contributed by atoms with E-state index in [4.69, 9.17) is 4.74 Å². The summed E-state index contributed by atoms with van der Waals surface area (Å²) in [5.74, 6) is 0.366. The zero-order valence-corrected chi connectivity index (χ0v) is 12.5. The molecular formula is C14H26N2O3. The van der Waals surface area contributed by atoms with E-state index in [1.807, 2.05) is 4.90 Å². The number of carbonyl (C=O) groups excluding carboxylic acids is 2. The van der Waals surface area contributed by atoms with Gasteiger partial charge in [0.2, 0.25) is 11.8 Å². The number of rotatable bonds is 5. The minimum Gasteiger partial charge on any atom is -0.383 e. The van der Waals surface area contributed by atoms with Crippen LogP contribution in [0.3, 0.4) is 0 Å². The van der Waals surface area contributed by atoms with Gasteiger partial charge < -0.3 is 15.0 Å². The van der Waals surface area contributed by atoms with Crippen molar-refractivity contribution in [3.05, 3.63) is 0 Å². The fourth-order valence-electron chi connectivity index (χ4n) is 2.19. The SMILES string of the molecule is COCCNC(=O)C(C)(C)C(=O)N1CCC(C)CC1. The third-order valence-electron chi connectivity index (χ3n) is 3.76. The highest BCUT2D eigenvalue weighted by Gasteiger charge is 2.39. The van der Waals surface area contributed by atoms with Gasteiger partial charge in [0.25, 0.3) is 0 Å². The summed E-state index contributed by atoms with van der Waals surface area (Å²) in [6.45, 7) is 7.99. The maximum atomic E-state index is 12.4. The molecule has 0 spiro atoms. The Morgan fingerprint density at radius 1 is 1.32 bits per heavy atom.